The monoisotopic (exact) mass is 226 g/mol. The first kappa shape index (κ1) is 13.5. The molecule has 1 unspecified atom stereocenters. The van der Waals surface area contributed by atoms with Crippen LogP contribution >= 0.6 is 0 Å². The van der Waals surface area contributed by atoms with Crippen LogP contribution in [0.1, 0.15) is 52.9 Å². The van der Waals surface area contributed by atoms with Crippen LogP contribution < -0.4 is 5.73 Å². The van der Waals surface area contributed by atoms with E-state index in [4.69, 9.17) is 5.73 Å². The van der Waals surface area contributed by atoms with Crippen molar-refractivity contribution in [2.75, 3.05) is 13.1 Å². The van der Waals surface area contributed by atoms with E-state index in [1.165, 1.54) is 12.8 Å². The van der Waals surface area contributed by atoms with E-state index >= 15 is 0 Å². The second kappa shape index (κ2) is 5.67. The highest BCUT2D eigenvalue weighted by atomic mass is 16.2. The summed E-state index contributed by atoms with van der Waals surface area (Å²) in [5, 5.41) is 0. The van der Waals surface area contributed by atoms with E-state index in [2.05, 4.69) is 13.8 Å². The Morgan fingerprint density at radius 2 is 2.00 bits per heavy atom. The van der Waals surface area contributed by atoms with Crippen LogP contribution in [0.4, 0.5) is 0 Å². The highest BCUT2D eigenvalue weighted by molar-refractivity contribution is 5.77. The molecule has 1 aliphatic rings. The van der Waals surface area contributed by atoms with Crippen molar-refractivity contribution in [3.8, 4) is 0 Å². The summed E-state index contributed by atoms with van der Waals surface area (Å²) in [6.07, 6.45) is 4.90. The molecule has 0 spiro atoms. The van der Waals surface area contributed by atoms with E-state index < -0.39 is 0 Å². The van der Waals surface area contributed by atoms with E-state index in [9.17, 15) is 4.79 Å². The van der Waals surface area contributed by atoms with Gasteiger partial charge in [0.2, 0.25) is 5.91 Å². The van der Waals surface area contributed by atoms with Crippen LogP contribution in [0.3, 0.4) is 0 Å². The van der Waals surface area contributed by atoms with Gasteiger partial charge in [-0.25, -0.2) is 0 Å². The molecule has 1 heterocycles. The Hall–Kier alpha value is -0.570. The molecule has 0 aromatic heterocycles. The Morgan fingerprint density at radius 1 is 1.38 bits per heavy atom. The van der Waals surface area contributed by atoms with Gasteiger partial charge in [0.05, 0.1) is 0 Å². The SMILES string of the molecule is CCC(N)CC(=O)N1CCC(CC)(CC)C1. The highest BCUT2D eigenvalue weighted by Crippen LogP contribution is 2.37. The van der Waals surface area contributed by atoms with Gasteiger partial charge >= 0.3 is 0 Å². The average Bonchev–Trinajstić information content (AvgIpc) is 2.74. The second-order valence-corrected chi connectivity index (χ2v) is 5.14. The van der Waals surface area contributed by atoms with Crippen molar-refractivity contribution in [1.82, 2.24) is 4.90 Å². The van der Waals surface area contributed by atoms with Gasteiger partial charge in [-0.2, -0.15) is 0 Å². The Labute approximate surface area is 99.4 Å². The first-order valence-electron chi connectivity index (χ1n) is 6.60. The van der Waals surface area contributed by atoms with E-state index in [1.54, 1.807) is 0 Å². The summed E-state index contributed by atoms with van der Waals surface area (Å²) in [6.45, 7) is 8.36. The zero-order valence-electron chi connectivity index (χ0n) is 11.0. The van der Waals surface area contributed by atoms with E-state index in [0.29, 0.717) is 11.8 Å². The fourth-order valence-electron chi connectivity index (χ4n) is 2.47. The molecule has 2 N–H and O–H groups in total. The highest BCUT2D eigenvalue weighted by Gasteiger charge is 2.36. The first-order valence-corrected chi connectivity index (χ1v) is 6.60. The van der Waals surface area contributed by atoms with Crippen LogP contribution in [-0.2, 0) is 4.79 Å². The van der Waals surface area contributed by atoms with Gasteiger partial charge in [-0.3, -0.25) is 4.79 Å². The van der Waals surface area contributed by atoms with E-state index in [-0.39, 0.29) is 11.9 Å². The number of amides is 1. The van der Waals surface area contributed by atoms with Gasteiger partial charge in [0.15, 0.2) is 0 Å². The molecule has 1 atom stereocenters. The van der Waals surface area contributed by atoms with Crippen LogP contribution in [0.2, 0.25) is 0 Å². The molecule has 16 heavy (non-hydrogen) atoms. The molecule has 1 amide bonds. The van der Waals surface area contributed by atoms with Gasteiger partial charge < -0.3 is 10.6 Å². The van der Waals surface area contributed by atoms with E-state index in [0.717, 1.165) is 25.9 Å². The third-order valence-electron chi connectivity index (χ3n) is 4.25. The molecule has 1 saturated heterocycles. The van der Waals surface area contributed by atoms with Crippen molar-refractivity contribution in [3.05, 3.63) is 0 Å². The van der Waals surface area contributed by atoms with Gasteiger partial charge in [0.25, 0.3) is 0 Å². The van der Waals surface area contributed by atoms with Crippen LogP contribution in [0, 0.1) is 5.41 Å². The maximum atomic E-state index is 12.0. The average molecular weight is 226 g/mol. The predicted molar refractivity (Wildman–Crippen MR) is 67.1 cm³/mol. The first-order chi connectivity index (χ1) is 7.56. The predicted octanol–water partition coefficient (Wildman–Crippen LogP) is 2.15. The largest absolute Gasteiger partial charge is 0.342 e. The van der Waals surface area contributed by atoms with Gasteiger partial charge in [-0.05, 0) is 31.1 Å². The summed E-state index contributed by atoms with van der Waals surface area (Å²) < 4.78 is 0. The Bertz CT molecular complexity index is 236. The van der Waals surface area contributed by atoms with Crippen molar-refractivity contribution in [1.29, 1.82) is 0 Å². The maximum absolute atomic E-state index is 12.0. The summed E-state index contributed by atoms with van der Waals surface area (Å²) in [5.74, 6) is 0.248. The summed E-state index contributed by atoms with van der Waals surface area (Å²) in [6, 6.07) is 0.0331. The standard InChI is InChI=1S/C13H26N2O/c1-4-11(14)9-12(16)15-8-7-13(5-2,6-3)10-15/h11H,4-10,14H2,1-3H3. The van der Waals surface area contributed by atoms with Gasteiger partial charge in [0.1, 0.15) is 0 Å². The lowest BCUT2D eigenvalue weighted by Gasteiger charge is -2.26. The molecular formula is C13H26N2O. The molecule has 0 bridgehead atoms. The molecule has 0 aromatic carbocycles. The lowest BCUT2D eigenvalue weighted by Crippen LogP contribution is -2.35. The van der Waals surface area contributed by atoms with Crippen LogP contribution in [0.25, 0.3) is 0 Å². The Morgan fingerprint density at radius 3 is 2.44 bits per heavy atom. The molecule has 3 nitrogen and oxygen atoms in total. The zero-order valence-corrected chi connectivity index (χ0v) is 11.0. The minimum atomic E-state index is 0.0331. The summed E-state index contributed by atoms with van der Waals surface area (Å²) in [4.78, 5) is 14.0. The molecule has 1 rings (SSSR count). The van der Waals surface area contributed by atoms with Crippen LogP contribution in [0.5, 0.6) is 0 Å². The molecule has 0 aliphatic carbocycles. The second-order valence-electron chi connectivity index (χ2n) is 5.14. The smallest absolute Gasteiger partial charge is 0.224 e. The molecule has 0 radical (unpaired) electrons. The van der Waals surface area contributed by atoms with E-state index in [1.807, 2.05) is 11.8 Å². The normalized spacial score (nSPS) is 21.1. The number of likely N-dealkylation sites (tertiary alicyclic amines) is 1. The lowest BCUT2D eigenvalue weighted by atomic mass is 9.82. The minimum absolute atomic E-state index is 0.0331. The lowest BCUT2D eigenvalue weighted by molar-refractivity contribution is -0.131. The minimum Gasteiger partial charge on any atom is -0.342 e. The van der Waals surface area contributed by atoms with Gasteiger partial charge in [-0.1, -0.05) is 20.8 Å². The Kier molecular flexibility index (Phi) is 4.78. The molecule has 94 valence electrons. The molecule has 1 aliphatic heterocycles. The topological polar surface area (TPSA) is 46.3 Å². The summed E-state index contributed by atoms with van der Waals surface area (Å²) >= 11 is 0. The quantitative estimate of drug-likeness (QED) is 0.781. The third kappa shape index (κ3) is 2.97. The maximum Gasteiger partial charge on any atom is 0.224 e. The zero-order chi connectivity index (χ0) is 12.2. The number of rotatable bonds is 5. The van der Waals surface area contributed by atoms with Crippen molar-refractivity contribution in [2.24, 2.45) is 11.1 Å². The Balaban J connectivity index is 2.49. The number of carbonyl (C=O) groups excluding carboxylic acids is 1. The number of hydrogen-bond donors (Lipinski definition) is 1. The van der Waals surface area contributed by atoms with Crippen molar-refractivity contribution < 1.29 is 4.79 Å². The fourth-order valence-corrected chi connectivity index (χ4v) is 2.47. The van der Waals surface area contributed by atoms with Crippen molar-refractivity contribution in [2.45, 2.75) is 58.9 Å². The number of nitrogens with two attached hydrogens (primary N) is 1. The molecule has 1 fully saturated rings. The molecule has 0 saturated carbocycles. The van der Waals surface area contributed by atoms with Gasteiger partial charge in [0, 0.05) is 25.6 Å². The van der Waals surface area contributed by atoms with Crippen LogP contribution in [-0.4, -0.2) is 29.9 Å². The fraction of sp³-hybridized carbons (Fsp3) is 0.923. The number of carbonyl (C=O) groups is 1. The third-order valence-corrected chi connectivity index (χ3v) is 4.25. The van der Waals surface area contributed by atoms with Crippen molar-refractivity contribution in [3.63, 3.8) is 0 Å². The van der Waals surface area contributed by atoms with Crippen molar-refractivity contribution >= 4 is 5.91 Å². The molecule has 0 aromatic rings. The number of hydrogen-bond acceptors (Lipinski definition) is 2. The van der Waals surface area contributed by atoms with Crippen LogP contribution in [0.15, 0.2) is 0 Å². The molecule has 3 heteroatoms. The summed E-state index contributed by atoms with van der Waals surface area (Å²) in [7, 11) is 0. The number of nitrogens with zero attached hydrogens (tertiary/aromatic N) is 1. The van der Waals surface area contributed by atoms with Gasteiger partial charge in [-0.15, -0.1) is 0 Å². The summed E-state index contributed by atoms with van der Waals surface area (Å²) in [5.41, 5.74) is 6.21. The molecular weight excluding hydrogens is 200 g/mol.